The quantitative estimate of drug-likeness (QED) is 0.876. The van der Waals surface area contributed by atoms with Crippen molar-refractivity contribution in [2.45, 2.75) is 45.0 Å². The number of aromatic nitrogens is 2. The Morgan fingerprint density at radius 3 is 2.93 bits per heavy atom. The Balaban J connectivity index is 1.25. The van der Waals surface area contributed by atoms with Crippen LogP contribution >= 0.6 is 0 Å². The Kier molecular flexibility index (Phi) is 4.36. The van der Waals surface area contributed by atoms with Crippen molar-refractivity contribution in [1.29, 1.82) is 0 Å². The second-order valence-corrected chi connectivity index (χ2v) is 8.25. The molecule has 3 saturated heterocycles. The highest BCUT2D eigenvalue weighted by atomic mass is 16.6. The van der Waals surface area contributed by atoms with Crippen LogP contribution in [0.25, 0.3) is 5.69 Å². The third-order valence-electron chi connectivity index (χ3n) is 6.30. The molecule has 0 radical (unpaired) electrons. The van der Waals surface area contributed by atoms with Crippen LogP contribution in [0.5, 0.6) is 0 Å². The number of ether oxygens (including phenoxy) is 1. The molecule has 0 bridgehead atoms. The summed E-state index contributed by atoms with van der Waals surface area (Å²) in [6, 6.07) is 9.01. The first kappa shape index (κ1) is 17.7. The molecular weight excluding hydrogens is 354 g/mol. The van der Waals surface area contributed by atoms with Crippen LogP contribution in [-0.2, 0) is 11.3 Å². The number of aryl methyl sites for hydroxylation is 2. The van der Waals surface area contributed by atoms with E-state index in [1.807, 2.05) is 28.8 Å². The minimum atomic E-state index is -0.126. The van der Waals surface area contributed by atoms with E-state index in [1.165, 1.54) is 11.1 Å². The van der Waals surface area contributed by atoms with Crippen molar-refractivity contribution in [2.75, 3.05) is 26.2 Å². The van der Waals surface area contributed by atoms with Crippen molar-refractivity contribution >= 4 is 6.09 Å². The van der Waals surface area contributed by atoms with E-state index in [4.69, 9.17) is 4.74 Å². The molecule has 1 amide bonds. The van der Waals surface area contributed by atoms with E-state index in [-0.39, 0.29) is 24.3 Å². The largest absolute Gasteiger partial charge is 0.442 e. The third-order valence-corrected chi connectivity index (χ3v) is 6.30. The SMILES string of the molecule is Cc1ccn(-c2ccc(CN3CCC(N4C(=O)O[C@H]5CNC[C@H]54)C3)c(C)c2)n1. The molecule has 0 saturated carbocycles. The van der Waals surface area contributed by atoms with Crippen LogP contribution in [0.3, 0.4) is 0 Å². The Morgan fingerprint density at radius 2 is 2.14 bits per heavy atom. The average molecular weight is 381 g/mol. The first-order chi connectivity index (χ1) is 13.6. The van der Waals surface area contributed by atoms with Gasteiger partial charge in [-0.1, -0.05) is 6.07 Å². The molecule has 0 spiro atoms. The lowest BCUT2D eigenvalue weighted by Gasteiger charge is -2.27. The van der Waals surface area contributed by atoms with Crippen molar-refractivity contribution in [3.63, 3.8) is 0 Å². The molecule has 0 aliphatic carbocycles. The van der Waals surface area contributed by atoms with Gasteiger partial charge in [0.1, 0.15) is 6.10 Å². The van der Waals surface area contributed by atoms with Crippen LogP contribution < -0.4 is 5.32 Å². The van der Waals surface area contributed by atoms with Crippen LogP contribution in [0.2, 0.25) is 0 Å². The van der Waals surface area contributed by atoms with Gasteiger partial charge in [0, 0.05) is 45.0 Å². The first-order valence-electron chi connectivity index (χ1n) is 10.1. The van der Waals surface area contributed by atoms with Gasteiger partial charge in [0.15, 0.2) is 0 Å². The van der Waals surface area contributed by atoms with E-state index in [1.54, 1.807) is 0 Å². The standard InChI is InChI=1S/C21H27N5O2/c1-14-9-17(25-8-5-15(2)23-25)4-3-16(14)12-24-7-6-18(13-24)26-19-10-22-11-20(19)28-21(26)27/h3-5,8-9,18-20,22H,6-7,10-13H2,1-2H3/t18?,19-,20+/m1/s1. The molecule has 3 aliphatic rings. The lowest BCUT2D eigenvalue weighted by molar-refractivity contribution is 0.128. The summed E-state index contributed by atoms with van der Waals surface area (Å²) in [5, 5.41) is 7.83. The molecule has 1 N–H and O–H groups in total. The van der Waals surface area contributed by atoms with E-state index in [0.29, 0.717) is 0 Å². The van der Waals surface area contributed by atoms with Gasteiger partial charge in [-0.25, -0.2) is 9.48 Å². The Hall–Kier alpha value is -2.38. The molecule has 148 valence electrons. The summed E-state index contributed by atoms with van der Waals surface area (Å²) < 4.78 is 7.46. The molecule has 7 nitrogen and oxygen atoms in total. The van der Waals surface area contributed by atoms with Gasteiger partial charge >= 0.3 is 6.09 Å². The number of rotatable bonds is 4. The minimum Gasteiger partial charge on any atom is -0.442 e. The Labute approximate surface area is 165 Å². The second-order valence-electron chi connectivity index (χ2n) is 8.25. The van der Waals surface area contributed by atoms with Gasteiger partial charge in [0.05, 0.1) is 17.4 Å². The molecule has 4 heterocycles. The minimum absolute atomic E-state index is 0.0299. The highest BCUT2D eigenvalue weighted by Crippen LogP contribution is 2.29. The number of hydrogen-bond acceptors (Lipinski definition) is 5. The zero-order valence-electron chi connectivity index (χ0n) is 16.5. The third kappa shape index (κ3) is 3.08. The van der Waals surface area contributed by atoms with E-state index in [2.05, 4.69) is 40.4 Å². The van der Waals surface area contributed by atoms with E-state index >= 15 is 0 Å². The number of benzene rings is 1. The number of likely N-dealkylation sites (tertiary alicyclic amines) is 1. The van der Waals surface area contributed by atoms with Crippen molar-refractivity contribution in [3.8, 4) is 5.69 Å². The fourth-order valence-corrected chi connectivity index (χ4v) is 4.77. The molecule has 1 aromatic heterocycles. The lowest BCUT2D eigenvalue weighted by atomic mass is 10.1. The number of amides is 1. The second kappa shape index (κ2) is 6.90. The van der Waals surface area contributed by atoms with Gasteiger partial charge in [-0.3, -0.25) is 9.80 Å². The molecular formula is C21H27N5O2. The molecule has 5 rings (SSSR count). The fourth-order valence-electron chi connectivity index (χ4n) is 4.77. The summed E-state index contributed by atoms with van der Waals surface area (Å²) >= 11 is 0. The van der Waals surface area contributed by atoms with Crippen molar-refractivity contribution in [3.05, 3.63) is 47.3 Å². The zero-order chi connectivity index (χ0) is 19.3. The Bertz CT molecular complexity index is 895. The molecule has 3 fully saturated rings. The summed E-state index contributed by atoms with van der Waals surface area (Å²) in [4.78, 5) is 16.8. The van der Waals surface area contributed by atoms with Gasteiger partial charge in [-0.15, -0.1) is 0 Å². The molecule has 1 unspecified atom stereocenters. The highest BCUT2D eigenvalue weighted by Gasteiger charge is 2.48. The molecule has 28 heavy (non-hydrogen) atoms. The molecule has 3 atom stereocenters. The number of hydrogen-bond donors (Lipinski definition) is 1. The van der Waals surface area contributed by atoms with Gasteiger partial charge in [-0.05, 0) is 49.6 Å². The van der Waals surface area contributed by atoms with Crippen LogP contribution in [0.4, 0.5) is 4.79 Å². The average Bonchev–Trinajstić information content (AvgIpc) is 3.42. The van der Waals surface area contributed by atoms with Gasteiger partial charge in [-0.2, -0.15) is 5.10 Å². The number of carbonyl (C=O) groups excluding carboxylic acids is 1. The summed E-state index contributed by atoms with van der Waals surface area (Å²) in [6.07, 6.45) is 2.91. The zero-order valence-corrected chi connectivity index (χ0v) is 16.5. The van der Waals surface area contributed by atoms with Crippen molar-refractivity contribution in [1.82, 2.24) is 24.9 Å². The van der Waals surface area contributed by atoms with Crippen molar-refractivity contribution in [2.24, 2.45) is 0 Å². The normalized spacial score (nSPS) is 27.4. The van der Waals surface area contributed by atoms with Crippen LogP contribution in [-0.4, -0.2) is 70.0 Å². The van der Waals surface area contributed by atoms with Crippen LogP contribution in [0.15, 0.2) is 30.5 Å². The first-order valence-corrected chi connectivity index (χ1v) is 10.1. The summed E-state index contributed by atoms with van der Waals surface area (Å²) in [5.74, 6) is 0. The lowest BCUT2D eigenvalue weighted by Crippen LogP contribution is -2.45. The van der Waals surface area contributed by atoms with Crippen LogP contribution in [0.1, 0.15) is 23.2 Å². The maximum absolute atomic E-state index is 12.3. The monoisotopic (exact) mass is 381 g/mol. The smallest absolute Gasteiger partial charge is 0.410 e. The number of fused-ring (bicyclic) bond motifs is 1. The predicted molar refractivity (Wildman–Crippen MR) is 105 cm³/mol. The molecule has 3 aliphatic heterocycles. The fraction of sp³-hybridized carbons (Fsp3) is 0.524. The number of nitrogens with one attached hydrogen (secondary N) is 1. The van der Waals surface area contributed by atoms with Crippen molar-refractivity contribution < 1.29 is 9.53 Å². The summed E-state index contributed by atoms with van der Waals surface area (Å²) in [7, 11) is 0. The molecule has 1 aromatic carbocycles. The van der Waals surface area contributed by atoms with Gasteiger partial charge in [0.2, 0.25) is 0 Å². The summed E-state index contributed by atoms with van der Waals surface area (Å²) in [5.41, 5.74) is 4.71. The van der Waals surface area contributed by atoms with Gasteiger partial charge < -0.3 is 10.1 Å². The molecule has 7 heteroatoms. The van der Waals surface area contributed by atoms with E-state index in [0.717, 1.165) is 50.5 Å². The maximum Gasteiger partial charge on any atom is 0.410 e. The number of carbonyl (C=O) groups is 1. The maximum atomic E-state index is 12.3. The van der Waals surface area contributed by atoms with E-state index < -0.39 is 0 Å². The summed E-state index contributed by atoms with van der Waals surface area (Å²) in [6.45, 7) is 8.63. The number of nitrogens with zero attached hydrogens (tertiary/aromatic N) is 4. The predicted octanol–water partition coefficient (Wildman–Crippen LogP) is 1.86. The van der Waals surface area contributed by atoms with Gasteiger partial charge in [0.25, 0.3) is 0 Å². The Morgan fingerprint density at radius 1 is 1.25 bits per heavy atom. The van der Waals surface area contributed by atoms with Crippen LogP contribution in [0, 0.1) is 13.8 Å². The topological polar surface area (TPSA) is 62.6 Å². The molecule has 2 aromatic rings. The highest BCUT2D eigenvalue weighted by molar-refractivity contribution is 5.71. The van der Waals surface area contributed by atoms with E-state index in [9.17, 15) is 4.79 Å².